The van der Waals surface area contributed by atoms with Crippen molar-refractivity contribution in [1.29, 1.82) is 0 Å². The summed E-state index contributed by atoms with van der Waals surface area (Å²) < 4.78 is 39.1. The van der Waals surface area contributed by atoms with Crippen LogP contribution in [-0.4, -0.2) is 21.8 Å². The summed E-state index contributed by atoms with van der Waals surface area (Å²) in [4.78, 5) is 32.5. The molecular weight excluding hydrogens is 437 g/mol. The van der Waals surface area contributed by atoms with E-state index in [1.54, 1.807) is 11.4 Å². The van der Waals surface area contributed by atoms with E-state index in [1.807, 2.05) is 0 Å². The molecule has 0 aliphatic rings. The Morgan fingerprint density at radius 3 is 2.63 bits per heavy atom. The zero-order valence-corrected chi connectivity index (χ0v) is 16.3. The Hall–Kier alpha value is -3.49. The van der Waals surface area contributed by atoms with Crippen LogP contribution in [0.3, 0.4) is 0 Å². The first-order valence-corrected chi connectivity index (χ1v) is 9.98. The van der Waals surface area contributed by atoms with Crippen LogP contribution in [0.25, 0.3) is 10.2 Å². The Labute approximate surface area is 175 Å². The van der Waals surface area contributed by atoms with Gasteiger partial charge in [-0.25, -0.2) is 9.97 Å². The van der Waals surface area contributed by atoms with E-state index in [1.165, 1.54) is 22.9 Å². The van der Waals surface area contributed by atoms with Gasteiger partial charge in [-0.2, -0.15) is 13.2 Å². The highest BCUT2D eigenvalue weighted by Crippen LogP contribution is 2.30. The minimum atomic E-state index is -4.55. The predicted molar refractivity (Wildman–Crippen MR) is 107 cm³/mol. The number of nitrogens with zero attached hydrogens (tertiary/aromatic N) is 2. The number of hydrogen-bond acceptors (Lipinski definition) is 6. The summed E-state index contributed by atoms with van der Waals surface area (Å²) in [6, 6.07) is 11.2. The molecule has 30 heavy (non-hydrogen) atoms. The second kappa shape index (κ2) is 7.74. The number of aromatic nitrogens is 2. The fraction of sp³-hybridized carbons (Fsp3) is 0.0526. The third-order valence-corrected chi connectivity index (χ3v) is 5.33. The van der Waals surface area contributed by atoms with Crippen molar-refractivity contribution in [2.75, 3.05) is 10.6 Å². The zero-order valence-electron chi connectivity index (χ0n) is 14.7. The standard InChI is InChI=1S/C19H9F3N4O2S2/c20-19(21,22)11-3-1-2-10(6-11)16(27)26-18-25-13-5-4-12(7-15(13)30-18)24-17(28)14-8-29-9-23-14/h1-3,6-9H,(H,24,28)(H,25,26,27). The number of thiazole rings is 2. The van der Waals surface area contributed by atoms with E-state index < -0.39 is 23.6 Å². The van der Waals surface area contributed by atoms with Crippen LogP contribution in [0.4, 0.5) is 24.0 Å². The Morgan fingerprint density at radius 2 is 1.90 bits per heavy atom. The van der Waals surface area contributed by atoms with Gasteiger partial charge in [0.05, 0.1) is 21.5 Å². The van der Waals surface area contributed by atoms with Gasteiger partial charge in [0.1, 0.15) is 11.2 Å². The van der Waals surface area contributed by atoms with Crippen LogP contribution in [0.1, 0.15) is 26.4 Å². The van der Waals surface area contributed by atoms with Crippen molar-refractivity contribution in [3.05, 3.63) is 70.2 Å². The molecule has 2 amide bonds. The number of anilines is 2. The van der Waals surface area contributed by atoms with Crippen LogP contribution in [-0.2, 0) is 6.18 Å². The van der Waals surface area contributed by atoms with Crippen molar-refractivity contribution in [2.24, 2.45) is 0 Å². The van der Waals surface area contributed by atoms with E-state index >= 15 is 0 Å². The second-order valence-electron chi connectivity index (χ2n) is 5.90. The van der Waals surface area contributed by atoms with E-state index in [2.05, 4.69) is 32.7 Å². The Kier molecular flexibility index (Phi) is 5.11. The lowest BCUT2D eigenvalue weighted by Crippen LogP contribution is -2.13. The fourth-order valence-electron chi connectivity index (χ4n) is 2.45. The van der Waals surface area contributed by atoms with Crippen molar-refractivity contribution >= 4 is 55.5 Å². The van der Waals surface area contributed by atoms with Gasteiger partial charge in [0.25, 0.3) is 11.8 Å². The van der Waals surface area contributed by atoms with Crippen LogP contribution < -0.4 is 10.6 Å². The molecule has 2 heterocycles. The third kappa shape index (κ3) is 4.24. The quantitative estimate of drug-likeness (QED) is 0.468. The highest BCUT2D eigenvalue weighted by Gasteiger charge is 2.31. The molecule has 0 aliphatic carbocycles. The normalized spacial score (nSPS) is 11.2. The molecule has 2 aromatic carbocycles. The number of alkyl halides is 3. The molecule has 0 saturated carbocycles. The van der Waals surface area contributed by atoms with Crippen LogP contribution in [0.2, 0.25) is 0 Å². The molecule has 150 valence electrons. The van der Waals surface area contributed by atoms with Gasteiger partial charge in [0.15, 0.2) is 5.13 Å². The molecule has 0 atom stereocenters. The van der Waals surface area contributed by atoms with Crippen molar-refractivity contribution < 1.29 is 22.8 Å². The summed E-state index contributed by atoms with van der Waals surface area (Å²) in [6.45, 7) is 0. The number of benzene rings is 1. The smallest absolute Gasteiger partial charge is 0.313 e. The molecule has 4 rings (SSSR count). The first-order chi connectivity index (χ1) is 14.3. The summed E-state index contributed by atoms with van der Waals surface area (Å²) in [5, 5.41) is 6.90. The number of fused-ring (bicyclic) bond motifs is 1. The van der Waals surface area contributed by atoms with E-state index in [9.17, 15) is 22.8 Å². The lowest BCUT2D eigenvalue weighted by Gasteiger charge is -2.08. The maximum atomic E-state index is 12.8. The number of carbonyl (C=O) groups excluding carboxylic acids is 2. The van der Waals surface area contributed by atoms with Crippen LogP contribution in [0.15, 0.2) is 41.2 Å². The predicted octanol–water partition coefficient (Wildman–Crippen LogP) is 4.88. The molecule has 2 aromatic heterocycles. The van der Waals surface area contributed by atoms with Crippen LogP contribution in [0, 0.1) is 12.1 Å². The molecule has 0 aliphatic heterocycles. The molecule has 0 unspecified atom stereocenters. The van der Waals surface area contributed by atoms with E-state index in [0.29, 0.717) is 15.9 Å². The molecular formula is C19H9F3N4O2S2. The Bertz CT molecular complexity index is 1240. The second-order valence-corrected chi connectivity index (χ2v) is 7.65. The van der Waals surface area contributed by atoms with E-state index in [-0.39, 0.29) is 16.4 Å². The van der Waals surface area contributed by atoms with Gasteiger partial charge >= 0.3 is 6.18 Å². The molecule has 4 aromatic rings. The molecule has 6 nitrogen and oxygen atoms in total. The summed E-state index contributed by atoms with van der Waals surface area (Å²) in [5.41, 5.74) is 1.49. The summed E-state index contributed by atoms with van der Waals surface area (Å²) in [7, 11) is 0. The molecule has 0 bridgehead atoms. The minimum absolute atomic E-state index is 0.143. The molecule has 0 radical (unpaired) electrons. The third-order valence-electron chi connectivity index (χ3n) is 3.83. The number of nitrogens with one attached hydrogen (secondary N) is 2. The van der Waals surface area contributed by atoms with Gasteiger partial charge in [-0.1, -0.05) is 17.4 Å². The minimum Gasteiger partial charge on any atom is -0.313 e. The van der Waals surface area contributed by atoms with Crippen LogP contribution >= 0.6 is 22.7 Å². The van der Waals surface area contributed by atoms with Crippen molar-refractivity contribution in [1.82, 2.24) is 9.97 Å². The molecule has 0 saturated heterocycles. The van der Waals surface area contributed by atoms with Gasteiger partial charge in [-0.05, 0) is 36.4 Å². The monoisotopic (exact) mass is 446 g/mol. The number of halogens is 3. The lowest BCUT2D eigenvalue weighted by molar-refractivity contribution is -0.137. The Morgan fingerprint density at radius 1 is 1.07 bits per heavy atom. The maximum absolute atomic E-state index is 12.8. The summed E-state index contributed by atoms with van der Waals surface area (Å²) in [5.74, 6) is -1.12. The van der Waals surface area contributed by atoms with Gasteiger partial charge < -0.3 is 5.32 Å². The highest BCUT2D eigenvalue weighted by atomic mass is 32.1. The molecule has 0 spiro atoms. The number of hydrogen-bond donors (Lipinski definition) is 2. The zero-order chi connectivity index (χ0) is 21.3. The number of amides is 2. The maximum Gasteiger partial charge on any atom is 0.416 e. The highest BCUT2D eigenvalue weighted by molar-refractivity contribution is 7.22. The number of carbonyl (C=O) groups is 2. The van der Waals surface area contributed by atoms with E-state index in [0.717, 1.165) is 29.5 Å². The van der Waals surface area contributed by atoms with Crippen molar-refractivity contribution in [2.45, 2.75) is 6.18 Å². The SMILES string of the molecule is O=C(Nc1nc2c#cc(NC(=O)c3cscn3)cc2s1)c1cccc(C(F)(F)F)c1. The summed E-state index contributed by atoms with van der Waals surface area (Å²) in [6.07, 6.45) is -4.55. The van der Waals surface area contributed by atoms with Gasteiger partial charge in [-0.15, -0.1) is 11.3 Å². The first-order valence-electron chi connectivity index (χ1n) is 8.22. The van der Waals surface area contributed by atoms with Crippen LogP contribution in [0.5, 0.6) is 0 Å². The molecule has 0 fully saturated rings. The summed E-state index contributed by atoms with van der Waals surface area (Å²) >= 11 is 2.38. The fourth-order valence-corrected chi connectivity index (χ4v) is 3.84. The molecule has 2 N–H and O–H groups in total. The number of rotatable bonds is 4. The van der Waals surface area contributed by atoms with Crippen molar-refractivity contribution in [3.8, 4) is 0 Å². The lowest BCUT2D eigenvalue weighted by atomic mass is 10.1. The molecule has 11 heteroatoms. The van der Waals surface area contributed by atoms with Gasteiger partial charge in [-0.3, -0.25) is 14.9 Å². The topological polar surface area (TPSA) is 84.0 Å². The Balaban J connectivity index is 1.51. The largest absolute Gasteiger partial charge is 0.416 e. The van der Waals surface area contributed by atoms with E-state index in [4.69, 9.17) is 0 Å². The van der Waals surface area contributed by atoms with Gasteiger partial charge in [0.2, 0.25) is 0 Å². The van der Waals surface area contributed by atoms with Gasteiger partial charge in [0, 0.05) is 10.9 Å². The average Bonchev–Trinajstić information content (AvgIpc) is 3.36. The average molecular weight is 446 g/mol. The first kappa shape index (κ1) is 19.8. The van der Waals surface area contributed by atoms with Crippen molar-refractivity contribution in [3.63, 3.8) is 0 Å².